The maximum absolute atomic E-state index is 12.1. The summed E-state index contributed by atoms with van der Waals surface area (Å²) in [7, 11) is 0. The normalized spacial score (nSPS) is 13.1. The number of anilines is 1. The highest BCUT2D eigenvalue weighted by Gasteiger charge is 2.23. The fraction of sp³-hybridized carbons (Fsp3) is 0.211. The van der Waals surface area contributed by atoms with Gasteiger partial charge in [-0.2, -0.15) is 0 Å². The third kappa shape index (κ3) is 4.44. The van der Waals surface area contributed by atoms with Crippen LogP contribution in [0.15, 0.2) is 48.5 Å². The Kier molecular flexibility index (Phi) is 4.79. The SMILES string of the molecule is O=C(Cc1ccccc1C(=O)O)Nc1ccc(C(=O)NC2CC2)cc1. The predicted molar refractivity (Wildman–Crippen MR) is 92.7 cm³/mol. The van der Waals surface area contributed by atoms with Gasteiger partial charge in [0.05, 0.1) is 12.0 Å². The summed E-state index contributed by atoms with van der Waals surface area (Å²) in [5.41, 5.74) is 1.67. The first-order valence-electron chi connectivity index (χ1n) is 8.05. The Morgan fingerprint density at radius 3 is 2.32 bits per heavy atom. The van der Waals surface area contributed by atoms with E-state index in [2.05, 4.69) is 10.6 Å². The van der Waals surface area contributed by atoms with Gasteiger partial charge in [0.1, 0.15) is 0 Å². The molecule has 0 unspecified atom stereocenters. The van der Waals surface area contributed by atoms with Crippen molar-refractivity contribution in [3.63, 3.8) is 0 Å². The number of hydrogen-bond acceptors (Lipinski definition) is 3. The first-order chi connectivity index (χ1) is 12.0. The van der Waals surface area contributed by atoms with Gasteiger partial charge in [0.2, 0.25) is 5.91 Å². The van der Waals surface area contributed by atoms with E-state index >= 15 is 0 Å². The molecule has 0 aromatic heterocycles. The lowest BCUT2D eigenvalue weighted by molar-refractivity contribution is -0.115. The Morgan fingerprint density at radius 2 is 1.68 bits per heavy atom. The summed E-state index contributed by atoms with van der Waals surface area (Å²) in [5, 5.41) is 14.8. The topological polar surface area (TPSA) is 95.5 Å². The number of nitrogens with one attached hydrogen (secondary N) is 2. The van der Waals surface area contributed by atoms with Crippen molar-refractivity contribution in [1.82, 2.24) is 5.32 Å². The molecule has 0 heterocycles. The van der Waals surface area contributed by atoms with Crippen LogP contribution in [-0.2, 0) is 11.2 Å². The Labute approximate surface area is 144 Å². The molecule has 3 N–H and O–H groups in total. The van der Waals surface area contributed by atoms with Crippen molar-refractivity contribution < 1.29 is 19.5 Å². The van der Waals surface area contributed by atoms with E-state index in [4.69, 9.17) is 5.11 Å². The number of carbonyl (C=O) groups is 3. The molecule has 1 fully saturated rings. The van der Waals surface area contributed by atoms with E-state index in [1.807, 2.05) is 0 Å². The van der Waals surface area contributed by atoms with Crippen molar-refractivity contribution in [1.29, 1.82) is 0 Å². The van der Waals surface area contributed by atoms with Crippen LogP contribution in [0.5, 0.6) is 0 Å². The van der Waals surface area contributed by atoms with Gasteiger partial charge >= 0.3 is 5.97 Å². The lowest BCUT2D eigenvalue weighted by Gasteiger charge is -2.08. The molecule has 1 aliphatic carbocycles. The van der Waals surface area contributed by atoms with E-state index in [-0.39, 0.29) is 23.8 Å². The average molecular weight is 338 g/mol. The van der Waals surface area contributed by atoms with E-state index in [1.54, 1.807) is 42.5 Å². The molecule has 0 spiro atoms. The molecule has 1 aliphatic rings. The summed E-state index contributed by atoms with van der Waals surface area (Å²) in [5.74, 6) is -1.49. The number of hydrogen-bond donors (Lipinski definition) is 3. The summed E-state index contributed by atoms with van der Waals surface area (Å²) in [6.07, 6.45) is 2.02. The molecule has 1 saturated carbocycles. The second-order valence-corrected chi connectivity index (χ2v) is 6.01. The van der Waals surface area contributed by atoms with Gasteiger partial charge in [-0.25, -0.2) is 4.79 Å². The minimum absolute atomic E-state index is 0.0353. The standard InChI is InChI=1S/C19H18N2O4/c22-17(11-13-3-1-2-4-16(13)19(24)25)20-14-7-5-12(6-8-14)18(23)21-15-9-10-15/h1-8,15H,9-11H2,(H,20,22)(H,21,23)(H,24,25). The van der Waals surface area contributed by atoms with E-state index in [0.29, 0.717) is 22.9 Å². The van der Waals surface area contributed by atoms with Crippen LogP contribution < -0.4 is 10.6 Å². The van der Waals surface area contributed by atoms with E-state index in [9.17, 15) is 14.4 Å². The van der Waals surface area contributed by atoms with Gasteiger partial charge in [0.15, 0.2) is 0 Å². The molecule has 2 aromatic carbocycles. The first kappa shape index (κ1) is 16.7. The molecule has 25 heavy (non-hydrogen) atoms. The molecule has 0 aliphatic heterocycles. The van der Waals surface area contributed by atoms with Gasteiger partial charge in [-0.1, -0.05) is 18.2 Å². The zero-order valence-corrected chi connectivity index (χ0v) is 13.5. The molecule has 0 radical (unpaired) electrons. The smallest absolute Gasteiger partial charge is 0.335 e. The summed E-state index contributed by atoms with van der Waals surface area (Å²) < 4.78 is 0. The van der Waals surface area contributed by atoms with Crippen LogP contribution in [0, 0.1) is 0 Å². The lowest BCUT2D eigenvalue weighted by atomic mass is 10.0. The second-order valence-electron chi connectivity index (χ2n) is 6.01. The second kappa shape index (κ2) is 7.17. The van der Waals surface area contributed by atoms with Crippen LogP contribution in [0.3, 0.4) is 0 Å². The minimum atomic E-state index is -1.06. The van der Waals surface area contributed by atoms with Gasteiger partial charge in [0, 0.05) is 17.3 Å². The summed E-state index contributed by atoms with van der Waals surface area (Å²) in [4.78, 5) is 35.2. The number of carbonyl (C=O) groups excluding carboxylic acids is 2. The van der Waals surface area contributed by atoms with E-state index in [0.717, 1.165) is 12.8 Å². The van der Waals surface area contributed by atoms with Crippen molar-refractivity contribution in [2.75, 3.05) is 5.32 Å². The molecular formula is C19H18N2O4. The predicted octanol–water partition coefficient (Wildman–Crippen LogP) is 2.46. The molecule has 2 amide bonds. The number of aromatic carboxylic acids is 1. The zero-order valence-electron chi connectivity index (χ0n) is 13.5. The highest BCUT2D eigenvalue weighted by Crippen LogP contribution is 2.20. The van der Waals surface area contributed by atoms with E-state index in [1.165, 1.54) is 6.07 Å². The van der Waals surface area contributed by atoms with Gasteiger partial charge in [-0.05, 0) is 48.7 Å². The van der Waals surface area contributed by atoms with Crippen molar-refractivity contribution in [3.8, 4) is 0 Å². The summed E-state index contributed by atoms with van der Waals surface area (Å²) in [6.45, 7) is 0. The monoisotopic (exact) mass is 338 g/mol. The van der Waals surface area contributed by atoms with Crippen LogP contribution in [0.25, 0.3) is 0 Å². The lowest BCUT2D eigenvalue weighted by Crippen LogP contribution is -2.25. The molecule has 0 saturated heterocycles. The van der Waals surface area contributed by atoms with Crippen molar-refractivity contribution in [2.24, 2.45) is 0 Å². The van der Waals surface area contributed by atoms with Gasteiger partial charge in [-0.3, -0.25) is 9.59 Å². The first-order valence-corrected chi connectivity index (χ1v) is 8.05. The number of rotatable bonds is 6. The average Bonchev–Trinajstić information content (AvgIpc) is 3.39. The van der Waals surface area contributed by atoms with Gasteiger partial charge in [-0.15, -0.1) is 0 Å². The maximum Gasteiger partial charge on any atom is 0.335 e. The van der Waals surface area contributed by atoms with Crippen LogP contribution in [0.1, 0.15) is 39.1 Å². The Morgan fingerprint density at radius 1 is 1.00 bits per heavy atom. The molecule has 6 nitrogen and oxygen atoms in total. The maximum atomic E-state index is 12.1. The van der Waals surface area contributed by atoms with E-state index < -0.39 is 5.97 Å². The number of carboxylic acid groups (broad SMARTS) is 1. The number of amides is 2. The molecule has 3 rings (SSSR count). The fourth-order valence-electron chi connectivity index (χ4n) is 2.46. The Bertz CT molecular complexity index is 810. The Hall–Kier alpha value is -3.15. The fourth-order valence-corrected chi connectivity index (χ4v) is 2.46. The molecule has 128 valence electrons. The highest BCUT2D eigenvalue weighted by molar-refractivity contribution is 5.97. The molecule has 0 bridgehead atoms. The molecule has 0 atom stereocenters. The molecule has 6 heteroatoms. The quantitative estimate of drug-likeness (QED) is 0.754. The zero-order chi connectivity index (χ0) is 17.8. The van der Waals surface area contributed by atoms with Crippen molar-refractivity contribution in [3.05, 3.63) is 65.2 Å². The minimum Gasteiger partial charge on any atom is -0.478 e. The van der Waals surface area contributed by atoms with Gasteiger partial charge < -0.3 is 15.7 Å². The largest absolute Gasteiger partial charge is 0.478 e. The highest BCUT2D eigenvalue weighted by atomic mass is 16.4. The third-order valence-electron chi connectivity index (χ3n) is 3.94. The third-order valence-corrected chi connectivity index (χ3v) is 3.94. The number of benzene rings is 2. The van der Waals surface area contributed by atoms with Crippen molar-refractivity contribution >= 4 is 23.5 Å². The van der Waals surface area contributed by atoms with Crippen LogP contribution >= 0.6 is 0 Å². The Balaban J connectivity index is 1.61. The summed E-state index contributed by atoms with van der Waals surface area (Å²) >= 11 is 0. The molecular weight excluding hydrogens is 320 g/mol. The molecule has 2 aromatic rings. The van der Waals surface area contributed by atoms with Gasteiger partial charge in [0.25, 0.3) is 5.91 Å². The van der Waals surface area contributed by atoms with Crippen LogP contribution in [0.2, 0.25) is 0 Å². The number of carboxylic acids is 1. The van der Waals surface area contributed by atoms with Crippen LogP contribution in [0.4, 0.5) is 5.69 Å². The summed E-state index contributed by atoms with van der Waals surface area (Å²) in [6, 6.07) is 13.3. The van der Waals surface area contributed by atoms with Crippen LogP contribution in [-0.4, -0.2) is 28.9 Å². The van der Waals surface area contributed by atoms with Crippen molar-refractivity contribution in [2.45, 2.75) is 25.3 Å².